The lowest BCUT2D eigenvalue weighted by Crippen LogP contribution is -2.50. The number of hydrogen-bond acceptors (Lipinski definition) is 4. The van der Waals surface area contributed by atoms with Crippen molar-refractivity contribution in [2.45, 2.75) is 45.2 Å². The number of nitrogens with one attached hydrogen (secondary N) is 3. The first kappa shape index (κ1) is 22.6. The zero-order valence-corrected chi connectivity index (χ0v) is 19.6. The molecule has 170 valence electrons. The van der Waals surface area contributed by atoms with Gasteiger partial charge < -0.3 is 15.6 Å². The highest BCUT2D eigenvalue weighted by atomic mass is 32.1. The second kappa shape index (κ2) is 10.3. The second-order valence-corrected chi connectivity index (χ2v) is 9.78. The van der Waals surface area contributed by atoms with Gasteiger partial charge in [-0.25, -0.2) is 0 Å². The van der Waals surface area contributed by atoms with E-state index in [-0.39, 0.29) is 23.8 Å². The van der Waals surface area contributed by atoms with Crippen LogP contribution in [0.15, 0.2) is 48.0 Å². The molecule has 1 aromatic carbocycles. The molecule has 0 aliphatic carbocycles. The minimum Gasteiger partial charge on any atom is -0.361 e. The fourth-order valence-electron chi connectivity index (χ4n) is 4.33. The molecule has 4 rings (SSSR count). The predicted molar refractivity (Wildman–Crippen MR) is 130 cm³/mol. The van der Waals surface area contributed by atoms with Crippen LogP contribution >= 0.6 is 11.3 Å². The molecule has 0 spiro atoms. The molecule has 2 atom stereocenters. The molecular weight excluding hydrogens is 420 g/mol. The highest BCUT2D eigenvalue weighted by Crippen LogP contribution is 2.28. The summed E-state index contributed by atoms with van der Waals surface area (Å²) in [7, 11) is 0. The van der Waals surface area contributed by atoms with Gasteiger partial charge in [-0.2, -0.15) is 0 Å². The van der Waals surface area contributed by atoms with Crippen LogP contribution in [0.4, 0.5) is 0 Å². The Labute approximate surface area is 193 Å². The number of likely N-dealkylation sites (tertiary alicyclic amines) is 1. The normalized spacial score (nSPS) is 16.3. The van der Waals surface area contributed by atoms with E-state index in [1.807, 2.05) is 44.3 Å². The number of carbonyl (C=O) groups excluding carboxylic acids is 2. The summed E-state index contributed by atoms with van der Waals surface area (Å²) in [5.41, 5.74) is 2.06. The van der Waals surface area contributed by atoms with Crippen LogP contribution in [-0.4, -0.2) is 47.4 Å². The van der Waals surface area contributed by atoms with Crippen molar-refractivity contribution < 1.29 is 9.59 Å². The monoisotopic (exact) mass is 452 g/mol. The molecular formula is C25H32N4O2S. The van der Waals surface area contributed by atoms with E-state index < -0.39 is 6.04 Å². The third-order valence-electron chi connectivity index (χ3n) is 6.18. The molecule has 0 saturated carbocycles. The lowest BCUT2D eigenvalue weighted by atomic mass is 10.0. The SMILES string of the molecule is CC(C)C(=O)NC(Cc1c[nH]c2ccccc12)C(=O)NCC(c1cccs1)N1CCCC1. The van der Waals surface area contributed by atoms with Gasteiger partial charge in [-0.15, -0.1) is 11.3 Å². The molecule has 32 heavy (non-hydrogen) atoms. The zero-order valence-electron chi connectivity index (χ0n) is 18.8. The number of H-pyrrole nitrogens is 1. The van der Waals surface area contributed by atoms with Crippen molar-refractivity contribution in [3.63, 3.8) is 0 Å². The Morgan fingerprint density at radius 2 is 1.88 bits per heavy atom. The topological polar surface area (TPSA) is 77.2 Å². The van der Waals surface area contributed by atoms with Gasteiger partial charge in [0.1, 0.15) is 6.04 Å². The molecule has 1 saturated heterocycles. The Balaban J connectivity index is 1.49. The molecule has 1 aliphatic rings. The van der Waals surface area contributed by atoms with Crippen LogP contribution in [0.3, 0.4) is 0 Å². The summed E-state index contributed by atoms with van der Waals surface area (Å²) in [6, 6.07) is 11.8. The average molecular weight is 453 g/mol. The van der Waals surface area contributed by atoms with E-state index in [1.165, 1.54) is 17.7 Å². The van der Waals surface area contributed by atoms with Crippen LogP contribution in [0.5, 0.6) is 0 Å². The zero-order chi connectivity index (χ0) is 22.5. The van der Waals surface area contributed by atoms with Crippen LogP contribution in [0.1, 0.15) is 43.2 Å². The first-order chi connectivity index (χ1) is 15.5. The molecule has 0 bridgehead atoms. The number of aromatic nitrogens is 1. The van der Waals surface area contributed by atoms with E-state index in [9.17, 15) is 9.59 Å². The number of hydrogen-bond donors (Lipinski definition) is 3. The van der Waals surface area contributed by atoms with Crippen LogP contribution < -0.4 is 10.6 Å². The van der Waals surface area contributed by atoms with E-state index in [2.05, 4.69) is 38.0 Å². The summed E-state index contributed by atoms with van der Waals surface area (Å²) < 4.78 is 0. The Hall–Kier alpha value is -2.64. The van der Waals surface area contributed by atoms with Gasteiger partial charge >= 0.3 is 0 Å². The Morgan fingerprint density at radius 1 is 1.09 bits per heavy atom. The van der Waals surface area contributed by atoms with Gasteiger partial charge in [0.2, 0.25) is 11.8 Å². The summed E-state index contributed by atoms with van der Waals surface area (Å²) in [5, 5.41) is 9.29. The molecule has 7 heteroatoms. The second-order valence-electron chi connectivity index (χ2n) is 8.80. The van der Waals surface area contributed by atoms with Crippen LogP contribution in [0.25, 0.3) is 10.9 Å². The standard InChI is InChI=1S/C25H32N4O2S/c1-17(2)24(30)28-21(14-18-15-26-20-9-4-3-8-19(18)20)25(31)27-16-22(23-10-7-13-32-23)29-11-5-6-12-29/h3-4,7-10,13,15,17,21-22,26H,5-6,11-12,14,16H2,1-2H3,(H,27,31)(H,28,30). The molecule has 2 amide bonds. The first-order valence-electron chi connectivity index (χ1n) is 11.4. The van der Waals surface area contributed by atoms with E-state index >= 15 is 0 Å². The van der Waals surface area contributed by atoms with Gasteiger partial charge in [0, 0.05) is 40.9 Å². The maximum atomic E-state index is 13.3. The third-order valence-corrected chi connectivity index (χ3v) is 7.15. The van der Waals surface area contributed by atoms with Crippen molar-refractivity contribution in [2.75, 3.05) is 19.6 Å². The fourth-order valence-corrected chi connectivity index (χ4v) is 5.19. The Kier molecular flexibility index (Phi) is 7.27. The molecule has 0 radical (unpaired) electrons. The van der Waals surface area contributed by atoms with Crippen molar-refractivity contribution in [3.8, 4) is 0 Å². The molecule has 1 fully saturated rings. The minimum absolute atomic E-state index is 0.112. The highest BCUT2D eigenvalue weighted by molar-refractivity contribution is 7.10. The summed E-state index contributed by atoms with van der Waals surface area (Å²) in [5.74, 6) is -0.430. The molecule has 3 aromatic rings. The van der Waals surface area contributed by atoms with Gasteiger partial charge in [0.25, 0.3) is 0 Å². The van der Waals surface area contributed by atoms with E-state index in [1.54, 1.807) is 11.3 Å². The van der Waals surface area contributed by atoms with E-state index in [0.29, 0.717) is 13.0 Å². The lowest BCUT2D eigenvalue weighted by Gasteiger charge is -2.28. The molecule has 3 N–H and O–H groups in total. The first-order valence-corrected chi connectivity index (χ1v) is 12.3. The molecule has 2 unspecified atom stereocenters. The number of benzene rings is 1. The smallest absolute Gasteiger partial charge is 0.242 e. The van der Waals surface area contributed by atoms with Crippen LogP contribution in [0, 0.1) is 5.92 Å². The number of amides is 2. The summed E-state index contributed by atoms with van der Waals surface area (Å²) in [6.07, 6.45) is 4.78. The summed E-state index contributed by atoms with van der Waals surface area (Å²) in [4.78, 5) is 32.8. The van der Waals surface area contributed by atoms with Crippen molar-refractivity contribution in [2.24, 2.45) is 5.92 Å². The fraction of sp³-hybridized carbons (Fsp3) is 0.440. The van der Waals surface area contributed by atoms with Crippen LogP contribution in [0.2, 0.25) is 0 Å². The van der Waals surface area contributed by atoms with Crippen molar-refractivity contribution in [1.82, 2.24) is 20.5 Å². The average Bonchev–Trinajstić information content (AvgIpc) is 3.56. The summed E-state index contributed by atoms with van der Waals surface area (Å²) >= 11 is 1.73. The van der Waals surface area contributed by atoms with Gasteiger partial charge in [0.15, 0.2) is 0 Å². The Bertz CT molecular complexity index is 1040. The molecule has 6 nitrogen and oxygen atoms in total. The van der Waals surface area contributed by atoms with Gasteiger partial charge in [-0.3, -0.25) is 14.5 Å². The van der Waals surface area contributed by atoms with Crippen molar-refractivity contribution in [3.05, 3.63) is 58.4 Å². The third kappa shape index (κ3) is 5.22. The van der Waals surface area contributed by atoms with Gasteiger partial charge in [-0.05, 0) is 49.0 Å². The number of rotatable bonds is 9. The summed E-state index contributed by atoms with van der Waals surface area (Å²) in [6.45, 7) is 6.34. The molecule has 2 aromatic heterocycles. The minimum atomic E-state index is -0.619. The van der Waals surface area contributed by atoms with Crippen molar-refractivity contribution in [1.29, 1.82) is 0 Å². The molecule has 1 aliphatic heterocycles. The highest BCUT2D eigenvalue weighted by Gasteiger charge is 2.28. The number of para-hydroxylation sites is 1. The molecule has 3 heterocycles. The predicted octanol–water partition coefficient (Wildman–Crippen LogP) is 3.87. The Morgan fingerprint density at radius 3 is 2.59 bits per heavy atom. The maximum Gasteiger partial charge on any atom is 0.242 e. The number of carbonyl (C=O) groups is 2. The number of aromatic amines is 1. The number of thiophene rings is 1. The van der Waals surface area contributed by atoms with Gasteiger partial charge in [0.05, 0.1) is 6.04 Å². The largest absolute Gasteiger partial charge is 0.361 e. The van der Waals surface area contributed by atoms with E-state index in [4.69, 9.17) is 0 Å². The van der Waals surface area contributed by atoms with Crippen LogP contribution in [-0.2, 0) is 16.0 Å². The number of nitrogens with zero attached hydrogens (tertiary/aromatic N) is 1. The van der Waals surface area contributed by atoms with Gasteiger partial charge in [-0.1, -0.05) is 38.1 Å². The lowest BCUT2D eigenvalue weighted by molar-refractivity contribution is -0.130. The van der Waals surface area contributed by atoms with E-state index in [0.717, 1.165) is 29.6 Å². The van der Waals surface area contributed by atoms with Crippen molar-refractivity contribution >= 4 is 34.1 Å². The quantitative estimate of drug-likeness (QED) is 0.461. The number of fused-ring (bicyclic) bond motifs is 1. The maximum absolute atomic E-state index is 13.3.